The summed E-state index contributed by atoms with van der Waals surface area (Å²) >= 11 is 1.87. The molecule has 194 valence electrons. The largest absolute Gasteiger partial charge is 0.504 e. The van der Waals surface area contributed by atoms with Crippen molar-refractivity contribution in [3.63, 3.8) is 0 Å². The van der Waals surface area contributed by atoms with Crippen molar-refractivity contribution in [3.05, 3.63) is 47.5 Å². The second kappa shape index (κ2) is 15.3. The summed E-state index contributed by atoms with van der Waals surface area (Å²) in [6, 6.07) is 12.4. The molecule has 0 amide bonds. The normalized spacial score (nSPS) is 15.3. The first-order valence-corrected chi connectivity index (χ1v) is 14.4. The highest BCUT2D eigenvalue weighted by Gasteiger charge is 2.26. The molecular formula is C29H44N2O3S. The molecule has 1 aliphatic carbocycles. The predicted molar refractivity (Wildman–Crippen MR) is 147 cm³/mol. The van der Waals surface area contributed by atoms with Crippen molar-refractivity contribution in [2.45, 2.75) is 75.6 Å². The van der Waals surface area contributed by atoms with Gasteiger partial charge in [0.15, 0.2) is 11.5 Å². The summed E-state index contributed by atoms with van der Waals surface area (Å²) in [7, 11) is 1.73. The predicted octanol–water partition coefficient (Wildman–Crippen LogP) is 6.01. The molecule has 1 atom stereocenters. The highest BCUT2D eigenvalue weighted by molar-refractivity contribution is 7.99. The van der Waals surface area contributed by atoms with Crippen LogP contribution in [0.15, 0.2) is 41.3 Å². The van der Waals surface area contributed by atoms with Crippen molar-refractivity contribution in [1.82, 2.24) is 10.2 Å². The van der Waals surface area contributed by atoms with Gasteiger partial charge in [0.25, 0.3) is 0 Å². The molecule has 6 heteroatoms. The summed E-state index contributed by atoms with van der Waals surface area (Å²) < 4.78 is 5.42. The molecule has 0 aliphatic heterocycles. The van der Waals surface area contributed by atoms with Crippen molar-refractivity contribution >= 4 is 11.8 Å². The van der Waals surface area contributed by atoms with E-state index in [9.17, 15) is 10.2 Å². The highest BCUT2D eigenvalue weighted by atomic mass is 32.2. The number of aromatic hydroxyl groups is 2. The molecule has 5 nitrogen and oxygen atoms in total. The van der Waals surface area contributed by atoms with Gasteiger partial charge in [0.05, 0.1) is 7.11 Å². The van der Waals surface area contributed by atoms with Crippen LogP contribution in [0.1, 0.15) is 63.0 Å². The molecule has 2 aromatic rings. The molecule has 0 radical (unpaired) electrons. The molecule has 35 heavy (non-hydrogen) atoms. The third-order valence-corrected chi connectivity index (χ3v) is 8.08. The Morgan fingerprint density at radius 2 is 1.80 bits per heavy atom. The van der Waals surface area contributed by atoms with Gasteiger partial charge in [0.1, 0.15) is 5.75 Å². The maximum absolute atomic E-state index is 10.2. The van der Waals surface area contributed by atoms with Crippen LogP contribution in [-0.2, 0) is 12.8 Å². The van der Waals surface area contributed by atoms with Crippen molar-refractivity contribution < 1.29 is 14.9 Å². The number of phenolic OH excluding ortho intramolecular Hbond substituents is 2. The summed E-state index contributed by atoms with van der Waals surface area (Å²) in [5, 5.41) is 23.5. The van der Waals surface area contributed by atoms with Gasteiger partial charge in [-0.1, -0.05) is 38.0 Å². The van der Waals surface area contributed by atoms with Crippen LogP contribution in [0.4, 0.5) is 0 Å². The Labute approximate surface area is 216 Å². The number of unbranched alkanes of at least 4 members (excludes halogenated alkanes) is 3. The van der Waals surface area contributed by atoms with Gasteiger partial charge in [0.2, 0.25) is 0 Å². The average molecular weight is 501 g/mol. The lowest BCUT2D eigenvalue weighted by Gasteiger charge is -2.35. The first kappa shape index (κ1) is 27.7. The van der Waals surface area contributed by atoms with E-state index < -0.39 is 0 Å². The van der Waals surface area contributed by atoms with E-state index in [1.165, 1.54) is 42.6 Å². The number of para-hydroxylation sites is 1. The second-order valence-corrected chi connectivity index (χ2v) is 10.7. The Hall–Kier alpha value is -1.89. The van der Waals surface area contributed by atoms with E-state index in [-0.39, 0.29) is 11.5 Å². The zero-order valence-electron chi connectivity index (χ0n) is 21.6. The quantitative estimate of drug-likeness (QED) is 0.149. The maximum Gasteiger partial charge on any atom is 0.160 e. The number of ether oxygens (including phenoxy) is 1. The summed E-state index contributed by atoms with van der Waals surface area (Å²) in [6.45, 7) is 6.73. The van der Waals surface area contributed by atoms with E-state index in [1.807, 2.05) is 30.0 Å². The monoisotopic (exact) mass is 500 g/mol. The Kier molecular flexibility index (Phi) is 12.1. The van der Waals surface area contributed by atoms with Gasteiger partial charge in [-0.05, 0) is 101 Å². The van der Waals surface area contributed by atoms with E-state index in [0.717, 1.165) is 68.9 Å². The molecule has 0 saturated carbocycles. The minimum absolute atomic E-state index is 0.00819. The van der Waals surface area contributed by atoms with E-state index in [0.29, 0.717) is 6.04 Å². The smallest absolute Gasteiger partial charge is 0.160 e. The first-order valence-electron chi connectivity index (χ1n) is 13.4. The van der Waals surface area contributed by atoms with E-state index >= 15 is 0 Å². The molecule has 0 unspecified atom stereocenters. The number of nitrogens with zero attached hydrogens (tertiary/aromatic N) is 1. The van der Waals surface area contributed by atoms with Crippen LogP contribution in [0.5, 0.6) is 17.2 Å². The fourth-order valence-corrected chi connectivity index (χ4v) is 6.02. The number of benzene rings is 2. The van der Waals surface area contributed by atoms with Crippen LogP contribution >= 0.6 is 11.8 Å². The van der Waals surface area contributed by atoms with Crippen LogP contribution in [0.3, 0.4) is 0 Å². The molecule has 0 spiro atoms. The Morgan fingerprint density at radius 1 is 1.00 bits per heavy atom. The minimum atomic E-state index is 0.00819. The molecule has 0 saturated heterocycles. The van der Waals surface area contributed by atoms with Crippen molar-refractivity contribution in [1.29, 1.82) is 0 Å². The summed E-state index contributed by atoms with van der Waals surface area (Å²) in [6.07, 6.45) is 10.3. The van der Waals surface area contributed by atoms with E-state index in [4.69, 9.17) is 4.74 Å². The molecule has 0 bridgehead atoms. The molecule has 3 N–H and O–H groups in total. The van der Waals surface area contributed by atoms with Gasteiger partial charge in [-0.3, -0.25) is 0 Å². The molecule has 1 aliphatic rings. The zero-order chi connectivity index (χ0) is 24.9. The fraction of sp³-hybridized carbons (Fsp3) is 0.586. The van der Waals surface area contributed by atoms with Gasteiger partial charge in [-0.15, -0.1) is 11.8 Å². The van der Waals surface area contributed by atoms with Gasteiger partial charge in [0, 0.05) is 16.5 Å². The fourth-order valence-electron chi connectivity index (χ4n) is 5.04. The third kappa shape index (κ3) is 8.62. The summed E-state index contributed by atoms with van der Waals surface area (Å²) in [5.41, 5.74) is 2.15. The lowest BCUT2D eigenvalue weighted by atomic mass is 9.86. The Balaban J connectivity index is 1.25. The summed E-state index contributed by atoms with van der Waals surface area (Å²) in [4.78, 5) is 3.88. The number of phenols is 2. The van der Waals surface area contributed by atoms with Crippen molar-refractivity contribution in [2.24, 2.45) is 0 Å². The maximum atomic E-state index is 10.2. The molecule has 0 fully saturated rings. The van der Waals surface area contributed by atoms with Crippen LogP contribution in [-0.4, -0.2) is 60.2 Å². The lowest BCUT2D eigenvalue weighted by Crippen LogP contribution is -2.40. The second-order valence-electron chi connectivity index (χ2n) is 9.52. The topological polar surface area (TPSA) is 65.0 Å². The van der Waals surface area contributed by atoms with Gasteiger partial charge >= 0.3 is 0 Å². The van der Waals surface area contributed by atoms with Crippen LogP contribution < -0.4 is 10.1 Å². The number of methoxy groups -OCH3 is 1. The third-order valence-electron chi connectivity index (χ3n) is 6.94. The van der Waals surface area contributed by atoms with Crippen LogP contribution in [0, 0.1) is 0 Å². The van der Waals surface area contributed by atoms with Crippen LogP contribution in [0.2, 0.25) is 0 Å². The first-order chi connectivity index (χ1) is 17.1. The van der Waals surface area contributed by atoms with Gasteiger partial charge in [-0.25, -0.2) is 0 Å². The Morgan fingerprint density at radius 3 is 2.63 bits per heavy atom. The minimum Gasteiger partial charge on any atom is -0.504 e. The van der Waals surface area contributed by atoms with Gasteiger partial charge in [-0.2, -0.15) is 0 Å². The number of hydrogen-bond acceptors (Lipinski definition) is 6. The molecule has 0 heterocycles. The highest BCUT2D eigenvalue weighted by Crippen LogP contribution is 2.36. The number of thioether (sulfide) groups is 1. The number of hydrogen-bond donors (Lipinski definition) is 3. The molecule has 2 aromatic carbocycles. The molecular weight excluding hydrogens is 456 g/mol. The molecule has 0 aromatic heterocycles. The standard InChI is InChI=1S/C29H44N2O3S/c1-3-19-31(24-14-15-25-23(22-24)13-16-26(32)29(25)33)20-9-5-4-8-17-30-18-10-21-35-28-12-7-6-11-27(28)34-2/h6-7,11-13,16,24,30,32-33H,3-5,8-10,14-15,17-22H2,1-2H3/t24-/m0/s1. The molecule has 3 rings (SSSR count). The van der Waals surface area contributed by atoms with E-state index in [1.54, 1.807) is 13.2 Å². The lowest BCUT2D eigenvalue weighted by molar-refractivity contribution is 0.175. The average Bonchev–Trinajstić information content (AvgIpc) is 2.88. The van der Waals surface area contributed by atoms with Crippen LogP contribution in [0.25, 0.3) is 0 Å². The van der Waals surface area contributed by atoms with Gasteiger partial charge < -0.3 is 25.2 Å². The van der Waals surface area contributed by atoms with E-state index in [2.05, 4.69) is 29.3 Å². The zero-order valence-corrected chi connectivity index (χ0v) is 22.4. The summed E-state index contributed by atoms with van der Waals surface area (Å²) in [5.74, 6) is 2.17. The number of rotatable bonds is 16. The SMILES string of the molecule is CCCN(CCCCCCNCCCSc1ccccc1OC)[C@H]1CCc2c(ccc(O)c2O)C1. The number of nitrogens with one attached hydrogen (secondary N) is 1. The van der Waals surface area contributed by atoms with Crippen molar-refractivity contribution in [3.8, 4) is 17.2 Å². The number of fused-ring (bicyclic) bond motifs is 1. The van der Waals surface area contributed by atoms with Crippen molar-refractivity contribution in [2.75, 3.05) is 39.0 Å². The Bertz CT molecular complexity index is 892.